The Morgan fingerprint density at radius 3 is 2.69 bits per heavy atom. The van der Waals surface area contributed by atoms with Crippen molar-refractivity contribution < 1.29 is 13.2 Å². The molecule has 26 heavy (non-hydrogen) atoms. The molecule has 3 rings (SSSR count). The van der Waals surface area contributed by atoms with Crippen molar-refractivity contribution in [1.29, 1.82) is 0 Å². The molecule has 2 aromatic rings. The van der Waals surface area contributed by atoms with Crippen molar-refractivity contribution >= 4 is 21.6 Å². The fraction of sp³-hybridized carbons (Fsp3) is 0.389. The number of amides is 1. The first kappa shape index (κ1) is 18.3. The summed E-state index contributed by atoms with van der Waals surface area (Å²) in [5.41, 5.74) is 2.53. The van der Waals surface area contributed by atoms with Crippen LogP contribution in [-0.2, 0) is 16.4 Å². The molecule has 7 nitrogen and oxygen atoms in total. The van der Waals surface area contributed by atoms with Gasteiger partial charge in [-0.05, 0) is 31.0 Å². The number of aryl methyl sites for hydroxylation is 1. The van der Waals surface area contributed by atoms with E-state index < -0.39 is 9.84 Å². The highest BCUT2D eigenvalue weighted by Crippen LogP contribution is 2.18. The summed E-state index contributed by atoms with van der Waals surface area (Å²) in [4.78, 5) is 13.9. The van der Waals surface area contributed by atoms with Crippen LogP contribution >= 0.6 is 0 Å². The normalized spacial score (nSPS) is 18.5. The van der Waals surface area contributed by atoms with Crippen LogP contribution in [0, 0.1) is 6.92 Å². The fourth-order valence-corrected chi connectivity index (χ4v) is 4.76. The number of hydrogen-bond acceptors (Lipinski definition) is 6. The summed E-state index contributed by atoms with van der Waals surface area (Å²) in [6.07, 6.45) is 0.466. The van der Waals surface area contributed by atoms with Gasteiger partial charge in [-0.1, -0.05) is 29.8 Å². The Hall–Kier alpha value is -2.48. The smallest absolute Gasteiger partial charge is 0.274 e. The van der Waals surface area contributed by atoms with Gasteiger partial charge >= 0.3 is 0 Å². The lowest BCUT2D eigenvalue weighted by molar-refractivity contribution is 0.0740. The summed E-state index contributed by atoms with van der Waals surface area (Å²) in [7, 11) is -1.43. The zero-order valence-electron chi connectivity index (χ0n) is 14.8. The van der Waals surface area contributed by atoms with E-state index in [2.05, 4.69) is 21.6 Å². The second kappa shape index (κ2) is 7.41. The van der Waals surface area contributed by atoms with Crippen molar-refractivity contribution in [3.8, 4) is 0 Å². The largest absolute Gasteiger partial charge is 0.365 e. The van der Waals surface area contributed by atoms with Gasteiger partial charge in [0.05, 0.1) is 11.5 Å². The Bertz CT molecular complexity index is 897. The van der Waals surface area contributed by atoms with Crippen molar-refractivity contribution in [2.45, 2.75) is 25.9 Å². The van der Waals surface area contributed by atoms with Crippen molar-refractivity contribution in [2.24, 2.45) is 0 Å². The molecule has 0 aliphatic carbocycles. The quantitative estimate of drug-likeness (QED) is 0.856. The van der Waals surface area contributed by atoms with Gasteiger partial charge in [-0.2, -0.15) is 0 Å². The standard InChI is InChI=1S/C18H22N4O3S/c1-13-4-3-5-14(10-13)11-19-17-7-6-16(20-21-17)18(23)22(2)15-8-9-26(24,25)12-15/h3-7,10,15H,8-9,11-12H2,1-2H3,(H,19,21). The topological polar surface area (TPSA) is 92.3 Å². The van der Waals surface area contributed by atoms with Crippen molar-refractivity contribution in [3.63, 3.8) is 0 Å². The Balaban J connectivity index is 1.61. The van der Waals surface area contributed by atoms with Crippen molar-refractivity contribution in [3.05, 3.63) is 53.2 Å². The SMILES string of the molecule is Cc1cccc(CNc2ccc(C(=O)N(C)C3CCS(=O)(=O)C3)nn2)c1. The Morgan fingerprint density at radius 1 is 1.27 bits per heavy atom. The Morgan fingerprint density at radius 2 is 2.08 bits per heavy atom. The van der Waals surface area contributed by atoms with Crippen molar-refractivity contribution in [1.82, 2.24) is 15.1 Å². The van der Waals surface area contributed by atoms with Crippen molar-refractivity contribution in [2.75, 3.05) is 23.9 Å². The molecule has 138 valence electrons. The highest BCUT2D eigenvalue weighted by molar-refractivity contribution is 7.91. The molecule has 1 aromatic heterocycles. The maximum absolute atomic E-state index is 12.5. The summed E-state index contributed by atoms with van der Waals surface area (Å²) >= 11 is 0. The minimum absolute atomic E-state index is 0.0127. The molecule has 0 bridgehead atoms. The molecule has 0 saturated carbocycles. The minimum atomic E-state index is -3.04. The number of nitrogens with zero attached hydrogens (tertiary/aromatic N) is 3. The molecule has 1 fully saturated rings. The highest BCUT2D eigenvalue weighted by atomic mass is 32.2. The predicted molar refractivity (Wildman–Crippen MR) is 99.7 cm³/mol. The van der Waals surface area contributed by atoms with Gasteiger partial charge in [-0.15, -0.1) is 10.2 Å². The number of nitrogens with one attached hydrogen (secondary N) is 1. The van der Waals surface area contributed by atoms with Crippen LogP contribution < -0.4 is 5.32 Å². The number of benzene rings is 1. The highest BCUT2D eigenvalue weighted by Gasteiger charge is 2.33. The van der Waals surface area contributed by atoms with E-state index in [9.17, 15) is 13.2 Å². The zero-order chi connectivity index (χ0) is 18.7. The molecule has 1 amide bonds. The average molecular weight is 374 g/mol. The third kappa shape index (κ3) is 4.37. The maximum Gasteiger partial charge on any atom is 0.274 e. The van der Waals surface area contributed by atoms with Gasteiger partial charge < -0.3 is 10.2 Å². The monoisotopic (exact) mass is 374 g/mol. The Labute approximate surface area is 153 Å². The van der Waals surface area contributed by atoms with Crippen LogP contribution in [0.15, 0.2) is 36.4 Å². The zero-order valence-corrected chi connectivity index (χ0v) is 15.7. The molecule has 2 heterocycles. The minimum Gasteiger partial charge on any atom is -0.365 e. The molecule has 1 N–H and O–H groups in total. The molecule has 8 heteroatoms. The molecule has 1 aliphatic heterocycles. The third-order valence-electron chi connectivity index (χ3n) is 4.52. The van der Waals surface area contributed by atoms with E-state index in [1.165, 1.54) is 10.5 Å². The van der Waals surface area contributed by atoms with E-state index in [0.29, 0.717) is 18.8 Å². The van der Waals surface area contributed by atoms with Gasteiger partial charge in [0, 0.05) is 19.6 Å². The molecule has 1 atom stereocenters. The molecule has 0 spiro atoms. The van der Waals surface area contributed by atoms with E-state index >= 15 is 0 Å². The first-order valence-electron chi connectivity index (χ1n) is 8.45. The number of carbonyl (C=O) groups is 1. The molecular weight excluding hydrogens is 352 g/mol. The number of aromatic nitrogens is 2. The fourth-order valence-electron chi connectivity index (χ4n) is 2.98. The first-order chi connectivity index (χ1) is 12.3. The molecule has 0 radical (unpaired) electrons. The summed E-state index contributed by atoms with van der Waals surface area (Å²) < 4.78 is 23.2. The van der Waals surface area contributed by atoms with Crippen LogP contribution in [-0.4, -0.2) is 54.0 Å². The van der Waals surface area contributed by atoms with E-state index in [1.807, 2.05) is 25.1 Å². The molecule has 1 unspecified atom stereocenters. The number of rotatable bonds is 5. The van der Waals surface area contributed by atoms with Gasteiger partial charge in [0.2, 0.25) is 0 Å². The lowest BCUT2D eigenvalue weighted by atomic mass is 10.1. The lowest BCUT2D eigenvalue weighted by Gasteiger charge is -2.22. The lowest BCUT2D eigenvalue weighted by Crippen LogP contribution is -2.38. The summed E-state index contributed by atoms with van der Waals surface area (Å²) in [6, 6.07) is 11.2. The number of carbonyl (C=O) groups excluding carboxylic acids is 1. The van der Waals surface area contributed by atoms with Gasteiger partial charge in [-0.3, -0.25) is 4.79 Å². The van der Waals surface area contributed by atoms with E-state index in [-0.39, 0.29) is 29.1 Å². The molecule has 1 saturated heterocycles. The second-order valence-electron chi connectivity index (χ2n) is 6.62. The van der Waals surface area contributed by atoms with Gasteiger partial charge in [0.25, 0.3) is 5.91 Å². The van der Waals surface area contributed by atoms with Crippen LogP contribution in [0.4, 0.5) is 5.82 Å². The van der Waals surface area contributed by atoms with E-state index in [1.54, 1.807) is 19.2 Å². The van der Waals surface area contributed by atoms with Gasteiger partial charge in [0.15, 0.2) is 15.5 Å². The van der Waals surface area contributed by atoms with Gasteiger partial charge in [0.1, 0.15) is 5.82 Å². The average Bonchev–Trinajstić information content (AvgIpc) is 2.99. The first-order valence-corrected chi connectivity index (χ1v) is 10.3. The summed E-state index contributed by atoms with van der Waals surface area (Å²) in [5, 5.41) is 11.2. The number of sulfone groups is 1. The maximum atomic E-state index is 12.5. The Kier molecular flexibility index (Phi) is 5.22. The van der Waals surface area contributed by atoms with Gasteiger partial charge in [-0.25, -0.2) is 8.42 Å². The van der Waals surface area contributed by atoms with Crippen LogP contribution in [0.1, 0.15) is 28.0 Å². The molecular formula is C18H22N4O3S. The summed E-state index contributed by atoms with van der Waals surface area (Å²) in [5.74, 6) is 0.403. The number of anilines is 1. The summed E-state index contributed by atoms with van der Waals surface area (Å²) in [6.45, 7) is 2.65. The number of hydrogen-bond donors (Lipinski definition) is 1. The second-order valence-corrected chi connectivity index (χ2v) is 8.85. The van der Waals surface area contributed by atoms with Crippen LogP contribution in [0.2, 0.25) is 0 Å². The third-order valence-corrected chi connectivity index (χ3v) is 6.27. The van der Waals surface area contributed by atoms with E-state index in [0.717, 1.165) is 5.56 Å². The predicted octanol–water partition coefficient (Wildman–Crippen LogP) is 1.66. The molecule has 1 aliphatic rings. The van der Waals surface area contributed by atoms with Crippen LogP contribution in [0.25, 0.3) is 0 Å². The van der Waals surface area contributed by atoms with E-state index in [4.69, 9.17) is 0 Å². The molecule has 1 aromatic carbocycles. The van der Waals surface area contributed by atoms with Crippen LogP contribution in [0.3, 0.4) is 0 Å². The van der Waals surface area contributed by atoms with Crippen LogP contribution in [0.5, 0.6) is 0 Å².